The zero-order chi connectivity index (χ0) is 36.7. The van der Waals surface area contributed by atoms with E-state index in [1.165, 1.54) is 17.2 Å². The number of rotatable bonds is 5. The molecule has 0 saturated carbocycles. The summed E-state index contributed by atoms with van der Waals surface area (Å²) in [6, 6.07) is 32.5. The van der Waals surface area contributed by atoms with E-state index >= 15 is 0 Å². The van der Waals surface area contributed by atoms with Crippen molar-refractivity contribution in [2.45, 2.75) is 53.3 Å². The van der Waals surface area contributed by atoms with E-state index in [0.717, 1.165) is 56.2 Å². The SMILES string of the molecule is CC(C)c1cccc(C(C)C)c1-n1c(-c2[c-]ccc3c2oc2ccccc23)nc2nnccc21.[2H]C([2H])([2H])c1c[c-]c(-c2ccc(C)cn2)c(F)c1.[Ir]. The fraction of sp³-hybridized carbons (Fsp3) is 0.190. The van der Waals surface area contributed by atoms with Crippen molar-refractivity contribution >= 4 is 33.1 Å². The van der Waals surface area contributed by atoms with Gasteiger partial charge in [0, 0.05) is 47.3 Å². The van der Waals surface area contributed by atoms with E-state index in [9.17, 15) is 4.39 Å². The number of aryl methyl sites for hydroxylation is 2. The predicted octanol–water partition coefficient (Wildman–Crippen LogP) is 10.7. The van der Waals surface area contributed by atoms with Crippen LogP contribution in [0.2, 0.25) is 0 Å². The van der Waals surface area contributed by atoms with Gasteiger partial charge >= 0.3 is 0 Å². The third kappa shape index (κ3) is 6.49. The van der Waals surface area contributed by atoms with Crippen LogP contribution in [0.4, 0.5) is 4.39 Å². The fourth-order valence-corrected chi connectivity index (χ4v) is 6.14. The zero-order valence-corrected chi connectivity index (χ0v) is 30.6. The Balaban J connectivity index is 0.000000215. The standard InChI is InChI=1S/C29H25N4O.C13H11FN.Ir/c1-17(2)19-10-7-11-20(18(3)4)26(19)33-24-15-16-30-32-28(24)31-29(33)23-13-8-12-22-21-9-5-6-14-25(21)34-27(22)23;1-9-3-5-11(12(14)7-9)13-6-4-10(2)8-15-13;/h5-12,14-18H,1-4H3;3-4,6-8H,1-2H3;/q2*-1;/i;1D3;. The Hall–Kier alpha value is -5.04. The molecule has 1 radical (unpaired) electrons. The first-order valence-electron chi connectivity index (χ1n) is 17.7. The average Bonchev–Trinajstić information content (AvgIpc) is 3.70. The van der Waals surface area contributed by atoms with Crippen LogP contribution in [0.5, 0.6) is 0 Å². The van der Waals surface area contributed by atoms with Crippen LogP contribution >= 0.6 is 0 Å². The van der Waals surface area contributed by atoms with Gasteiger partial charge in [-0.05, 0) is 53.3 Å². The number of furan rings is 1. The van der Waals surface area contributed by atoms with E-state index in [0.29, 0.717) is 23.2 Å². The smallest absolute Gasteiger partial charge is 0.190 e. The molecule has 0 atom stereocenters. The third-order valence-electron chi connectivity index (χ3n) is 8.53. The molecule has 0 amide bonds. The van der Waals surface area contributed by atoms with Crippen LogP contribution in [0, 0.1) is 31.7 Å². The van der Waals surface area contributed by atoms with Crippen molar-refractivity contribution in [1.82, 2.24) is 24.7 Å². The van der Waals surface area contributed by atoms with Crippen molar-refractivity contribution in [2.24, 2.45) is 0 Å². The van der Waals surface area contributed by atoms with Crippen molar-refractivity contribution in [3.63, 3.8) is 0 Å². The van der Waals surface area contributed by atoms with E-state index in [1.54, 1.807) is 18.5 Å². The Bertz CT molecular complexity index is 2530. The molecule has 0 aliphatic carbocycles. The number of hydrogen-bond donors (Lipinski definition) is 0. The summed E-state index contributed by atoms with van der Waals surface area (Å²) in [7, 11) is 0. The van der Waals surface area contributed by atoms with Crippen molar-refractivity contribution in [2.75, 3.05) is 0 Å². The Kier molecular flexibility index (Phi) is 8.95. The molecule has 8 rings (SSSR count). The first kappa shape index (κ1) is 31.0. The van der Waals surface area contributed by atoms with Gasteiger partial charge in [0.15, 0.2) is 5.65 Å². The number of benzene rings is 4. The number of pyridine rings is 1. The molecule has 4 aromatic carbocycles. The van der Waals surface area contributed by atoms with E-state index in [2.05, 4.69) is 89.9 Å². The second-order valence-corrected chi connectivity index (χ2v) is 12.6. The van der Waals surface area contributed by atoms with Gasteiger partial charge in [0.05, 0.1) is 23.1 Å². The molecule has 0 aliphatic heterocycles. The van der Waals surface area contributed by atoms with E-state index in [4.69, 9.17) is 13.5 Å². The molecular formula is C42H36FIrN5O-2. The molecule has 0 N–H and O–H groups in total. The Labute approximate surface area is 309 Å². The van der Waals surface area contributed by atoms with Crippen LogP contribution < -0.4 is 0 Å². The normalized spacial score (nSPS) is 12.4. The number of nitrogens with zero attached hydrogens (tertiary/aromatic N) is 5. The van der Waals surface area contributed by atoms with Crippen LogP contribution in [0.3, 0.4) is 0 Å². The number of aromatic nitrogens is 5. The van der Waals surface area contributed by atoms with E-state index < -0.39 is 12.7 Å². The molecule has 0 saturated heterocycles. The van der Waals surface area contributed by atoms with Crippen LogP contribution in [0.15, 0.2) is 102 Å². The Morgan fingerprint density at radius 3 is 2.34 bits per heavy atom. The Morgan fingerprint density at radius 2 is 1.64 bits per heavy atom. The zero-order valence-electron chi connectivity index (χ0n) is 31.2. The predicted molar refractivity (Wildman–Crippen MR) is 194 cm³/mol. The number of halogens is 1. The third-order valence-corrected chi connectivity index (χ3v) is 8.53. The number of hydrogen-bond acceptors (Lipinski definition) is 5. The molecule has 253 valence electrons. The van der Waals surface area contributed by atoms with E-state index in [-0.39, 0.29) is 31.2 Å². The molecule has 8 heteroatoms. The largest absolute Gasteiger partial charge is 0.501 e. The molecule has 0 spiro atoms. The molecule has 0 aliphatic rings. The molecule has 0 unspecified atom stereocenters. The molecule has 50 heavy (non-hydrogen) atoms. The summed E-state index contributed by atoms with van der Waals surface area (Å²) in [6.45, 7) is 8.48. The number of fused-ring (bicyclic) bond motifs is 4. The van der Waals surface area contributed by atoms with Crippen molar-refractivity contribution in [3.8, 4) is 28.3 Å². The molecule has 4 heterocycles. The van der Waals surface area contributed by atoms with Crippen LogP contribution in [-0.4, -0.2) is 24.7 Å². The Morgan fingerprint density at radius 1 is 0.860 bits per heavy atom. The maximum atomic E-state index is 13.8. The molecule has 0 fully saturated rings. The summed E-state index contributed by atoms with van der Waals surface area (Å²) in [5.41, 5.74) is 9.19. The molecule has 6 nitrogen and oxygen atoms in total. The van der Waals surface area contributed by atoms with Crippen LogP contribution in [0.1, 0.15) is 65.9 Å². The summed E-state index contributed by atoms with van der Waals surface area (Å²) in [5, 5.41) is 10.6. The minimum Gasteiger partial charge on any atom is -0.501 e. The summed E-state index contributed by atoms with van der Waals surface area (Å²) in [6.07, 6.45) is 3.35. The first-order chi connectivity index (χ1) is 24.9. The molecule has 4 aromatic heterocycles. The quantitative estimate of drug-likeness (QED) is 0.162. The summed E-state index contributed by atoms with van der Waals surface area (Å²) >= 11 is 0. The first-order valence-corrected chi connectivity index (χ1v) is 16.2. The van der Waals surface area contributed by atoms with Crippen molar-refractivity contribution in [3.05, 3.63) is 138 Å². The number of imidazole rings is 1. The summed E-state index contributed by atoms with van der Waals surface area (Å²) < 4.78 is 44.0. The van der Waals surface area contributed by atoms with Gasteiger partial charge in [-0.3, -0.25) is 9.37 Å². The van der Waals surface area contributed by atoms with Gasteiger partial charge in [0.2, 0.25) is 0 Å². The number of para-hydroxylation sites is 2. The van der Waals surface area contributed by atoms with Crippen molar-refractivity contribution in [1.29, 1.82) is 0 Å². The summed E-state index contributed by atoms with van der Waals surface area (Å²) in [5.74, 6) is 0.801. The molecule has 0 bridgehead atoms. The second kappa shape index (κ2) is 14.4. The van der Waals surface area contributed by atoms with Gasteiger partial charge in [-0.25, -0.2) is 0 Å². The minimum absolute atomic E-state index is 0. The van der Waals surface area contributed by atoms with Crippen LogP contribution in [-0.2, 0) is 20.1 Å². The second-order valence-electron chi connectivity index (χ2n) is 12.6. The molecular weight excluding hydrogens is 802 g/mol. The molecule has 8 aromatic rings. The van der Waals surface area contributed by atoms with Gasteiger partial charge in [-0.15, -0.1) is 47.1 Å². The fourth-order valence-electron chi connectivity index (χ4n) is 6.14. The minimum atomic E-state index is -2.32. The van der Waals surface area contributed by atoms with Gasteiger partial charge in [0.25, 0.3) is 0 Å². The van der Waals surface area contributed by atoms with Crippen molar-refractivity contribution < 1.29 is 33.0 Å². The van der Waals surface area contributed by atoms with Gasteiger partial charge in [-0.2, -0.15) is 5.10 Å². The van der Waals surface area contributed by atoms with Crippen LogP contribution in [0.25, 0.3) is 61.4 Å². The topological polar surface area (TPSA) is 69.6 Å². The van der Waals surface area contributed by atoms with Gasteiger partial charge in [-0.1, -0.05) is 99.6 Å². The maximum absolute atomic E-state index is 13.8. The van der Waals surface area contributed by atoms with Gasteiger partial charge in [0.1, 0.15) is 5.58 Å². The van der Waals surface area contributed by atoms with Gasteiger partial charge < -0.3 is 14.0 Å². The van der Waals surface area contributed by atoms with E-state index in [1.807, 2.05) is 43.3 Å². The monoisotopic (exact) mass is 841 g/mol. The summed E-state index contributed by atoms with van der Waals surface area (Å²) in [4.78, 5) is 9.07. The maximum Gasteiger partial charge on any atom is 0.190 e. The average molecular weight is 841 g/mol.